The zero-order chi connectivity index (χ0) is 23.4. The molecule has 0 unspecified atom stereocenters. The molecule has 0 radical (unpaired) electrons. The summed E-state index contributed by atoms with van der Waals surface area (Å²) in [6, 6.07) is 13.7. The van der Waals surface area contributed by atoms with Crippen molar-refractivity contribution in [1.82, 2.24) is 4.90 Å². The fraction of sp³-hybridized carbons (Fsp3) is 0.292. The zero-order valence-electron chi connectivity index (χ0n) is 18.7. The number of benzene rings is 2. The Balaban J connectivity index is 1.47. The lowest BCUT2D eigenvalue weighted by molar-refractivity contribution is -0.132. The predicted octanol–water partition coefficient (Wildman–Crippen LogP) is 3.42. The summed E-state index contributed by atoms with van der Waals surface area (Å²) < 4.78 is 16.0. The highest BCUT2D eigenvalue weighted by Crippen LogP contribution is 2.40. The Bertz CT molecular complexity index is 1080. The van der Waals surface area contributed by atoms with E-state index in [0.717, 1.165) is 31.3 Å². The van der Waals surface area contributed by atoms with E-state index in [1.54, 1.807) is 18.2 Å². The number of hydrogen-bond donors (Lipinski definition) is 0. The maximum atomic E-state index is 12.6. The number of nitrogens with zero attached hydrogens (tertiary/aromatic N) is 3. The van der Waals surface area contributed by atoms with Crippen LogP contribution in [0.25, 0.3) is 6.08 Å². The van der Waals surface area contributed by atoms with Gasteiger partial charge in [0.05, 0.1) is 19.1 Å². The van der Waals surface area contributed by atoms with E-state index in [2.05, 4.69) is 26.9 Å². The molecule has 4 rings (SSSR count). The minimum absolute atomic E-state index is 0.202. The topological polar surface area (TPSA) is 80.7 Å². The van der Waals surface area contributed by atoms with Gasteiger partial charge in [0.2, 0.25) is 5.75 Å². The summed E-state index contributed by atoms with van der Waals surface area (Å²) in [6.07, 6.45) is 1.74. The summed E-state index contributed by atoms with van der Waals surface area (Å²) >= 11 is 1.36. The van der Waals surface area contributed by atoms with Crippen LogP contribution in [0.4, 0.5) is 5.69 Å². The first-order valence-corrected chi connectivity index (χ1v) is 11.3. The van der Waals surface area contributed by atoms with Crippen LogP contribution in [0, 0.1) is 0 Å². The monoisotopic (exact) mass is 467 g/mol. The van der Waals surface area contributed by atoms with E-state index in [4.69, 9.17) is 14.2 Å². The second-order valence-corrected chi connectivity index (χ2v) is 8.48. The standard InChI is InChI=1S/C24H25N3O5S/c1-16(28)32-22-19(30-2)13-17(14-20(22)31-3)15-21-23(29)25-24(33-21)27-11-9-26(10-12-27)18-7-5-4-6-8-18/h4-8,13-15H,9-12H2,1-3H3/b21-15+. The second-order valence-electron chi connectivity index (χ2n) is 7.47. The van der Waals surface area contributed by atoms with Crippen LogP contribution in [0.5, 0.6) is 17.2 Å². The number of hydrogen-bond acceptors (Lipinski definition) is 8. The summed E-state index contributed by atoms with van der Waals surface area (Å²) in [5.74, 6) is 0.121. The largest absolute Gasteiger partial charge is 0.493 e. The van der Waals surface area contributed by atoms with Gasteiger partial charge in [0.15, 0.2) is 16.7 Å². The van der Waals surface area contributed by atoms with Crippen molar-refractivity contribution < 1.29 is 23.8 Å². The fourth-order valence-corrected chi connectivity index (χ4v) is 4.67. The number of amides is 1. The maximum absolute atomic E-state index is 12.6. The summed E-state index contributed by atoms with van der Waals surface area (Å²) in [5.41, 5.74) is 1.88. The van der Waals surface area contributed by atoms with E-state index in [1.165, 1.54) is 38.6 Å². The minimum Gasteiger partial charge on any atom is -0.493 e. The molecule has 8 nitrogen and oxygen atoms in total. The van der Waals surface area contributed by atoms with E-state index in [1.807, 2.05) is 18.2 Å². The van der Waals surface area contributed by atoms with Crippen LogP contribution < -0.4 is 19.1 Å². The molecule has 0 aromatic heterocycles. The second kappa shape index (κ2) is 9.99. The first-order valence-electron chi connectivity index (χ1n) is 10.5. The van der Waals surface area contributed by atoms with E-state index in [-0.39, 0.29) is 11.7 Å². The van der Waals surface area contributed by atoms with Gasteiger partial charge in [-0.1, -0.05) is 18.2 Å². The van der Waals surface area contributed by atoms with Gasteiger partial charge < -0.3 is 24.0 Å². The molecule has 33 heavy (non-hydrogen) atoms. The third-order valence-corrected chi connectivity index (χ3v) is 6.35. The molecule has 1 saturated heterocycles. The lowest BCUT2D eigenvalue weighted by atomic mass is 10.1. The summed E-state index contributed by atoms with van der Waals surface area (Å²) in [7, 11) is 2.95. The van der Waals surface area contributed by atoms with E-state index >= 15 is 0 Å². The highest BCUT2D eigenvalue weighted by Gasteiger charge is 2.29. The van der Waals surface area contributed by atoms with Crippen LogP contribution in [0.1, 0.15) is 12.5 Å². The SMILES string of the molecule is COc1cc(/C=C2/SC(N3CCN(c4ccccc4)CC3)=NC2=O)cc(OC)c1OC(C)=O. The molecular formula is C24H25N3O5S. The Labute approximate surface area is 196 Å². The lowest BCUT2D eigenvalue weighted by Gasteiger charge is -2.36. The van der Waals surface area contributed by atoms with Crippen molar-refractivity contribution in [3.8, 4) is 17.2 Å². The number of amidine groups is 1. The van der Waals surface area contributed by atoms with Gasteiger partial charge in [-0.3, -0.25) is 9.59 Å². The molecule has 172 valence electrons. The Morgan fingerprint density at radius 2 is 1.61 bits per heavy atom. The van der Waals surface area contributed by atoms with E-state index in [0.29, 0.717) is 22.0 Å². The fourth-order valence-electron chi connectivity index (χ4n) is 3.71. The molecule has 1 amide bonds. The third-order valence-electron chi connectivity index (χ3n) is 5.31. The first-order chi connectivity index (χ1) is 16.0. The van der Waals surface area contributed by atoms with Gasteiger partial charge >= 0.3 is 5.97 Å². The Morgan fingerprint density at radius 1 is 1.00 bits per heavy atom. The number of methoxy groups -OCH3 is 2. The van der Waals surface area contributed by atoms with Crippen LogP contribution in [0.3, 0.4) is 0 Å². The van der Waals surface area contributed by atoms with Gasteiger partial charge in [0, 0.05) is 38.8 Å². The van der Waals surface area contributed by atoms with Crippen molar-refractivity contribution >= 4 is 40.6 Å². The third kappa shape index (κ3) is 5.14. The van der Waals surface area contributed by atoms with Gasteiger partial charge in [0.1, 0.15) is 0 Å². The number of ether oxygens (including phenoxy) is 3. The summed E-state index contributed by atoms with van der Waals surface area (Å²) in [5, 5.41) is 0.717. The molecule has 0 atom stereocenters. The Kier molecular flexibility index (Phi) is 6.88. The summed E-state index contributed by atoms with van der Waals surface area (Å²) in [4.78, 5) is 33.3. The Morgan fingerprint density at radius 3 is 2.18 bits per heavy atom. The number of para-hydroxylation sites is 1. The normalized spacial score (nSPS) is 17.2. The van der Waals surface area contributed by atoms with Crippen molar-refractivity contribution in [2.24, 2.45) is 4.99 Å². The molecule has 2 aromatic carbocycles. The van der Waals surface area contributed by atoms with Crippen molar-refractivity contribution in [2.45, 2.75) is 6.92 Å². The molecule has 0 spiro atoms. The number of rotatable bonds is 5. The van der Waals surface area contributed by atoms with Gasteiger partial charge in [-0.25, -0.2) is 0 Å². The van der Waals surface area contributed by atoms with Crippen LogP contribution >= 0.6 is 11.8 Å². The molecule has 0 N–H and O–H groups in total. The first kappa shape index (κ1) is 22.7. The summed E-state index contributed by atoms with van der Waals surface area (Å²) in [6.45, 7) is 4.62. The average molecular weight is 468 g/mol. The van der Waals surface area contributed by atoms with Gasteiger partial charge in [-0.2, -0.15) is 4.99 Å². The van der Waals surface area contributed by atoms with Crippen molar-refractivity contribution in [3.05, 3.63) is 52.9 Å². The van der Waals surface area contributed by atoms with Gasteiger partial charge in [-0.15, -0.1) is 0 Å². The number of carbonyl (C=O) groups is 2. The average Bonchev–Trinajstić information content (AvgIpc) is 3.20. The van der Waals surface area contributed by atoms with Crippen LogP contribution in [-0.2, 0) is 9.59 Å². The van der Waals surface area contributed by atoms with Crippen LogP contribution in [-0.4, -0.2) is 62.3 Å². The van der Waals surface area contributed by atoms with Crippen molar-refractivity contribution in [2.75, 3.05) is 45.3 Å². The molecule has 2 aliphatic heterocycles. The number of thioether (sulfide) groups is 1. The molecule has 2 aliphatic rings. The molecule has 0 bridgehead atoms. The molecule has 1 fully saturated rings. The molecule has 2 heterocycles. The zero-order valence-corrected chi connectivity index (χ0v) is 19.6. The van der Waals surface area contributed by atoms with Crippen LogP contribution in [0.2, 0.25) is 0 Å². The lowest BCUT2D eigenvalue weighted by Crippen LogP contribution is -2.47. The minimum atomic E-state index is -0.482. The quantitative estimate of drug-likeness (QED) is 0.376. The molecule has 2 aromatic rings. The molecule has 0 saturated carbocycles. The predicted molar refractivity (Wildman–Crippen MR) is 129 cm³/mol. The number of piperazine rings is 1. The smallest absolute Gasteiger partial charge is 0.308 e. The molecule has 9 heteroatoms. The van der Waals surface area contributed by atoms with E-state index in [9.17, 15) is 9.59 Å². The van der Waals surface area contributed by atoms with Gasteiger partial charge in [-0.05, 0) is 47.7 Å². The number of anilines is 1. The molecule has 0 aliphatic carbocycles. The number of esters is 1. The highest BCUT2D eigenvalue weighted by atomic mass is 32.2. The van der Waals surface area contributed by atoms with Gasteiger partial charge in [0.25, 0.3) is 5.91 Å². The highest BCUT2D eigenvalue weighted by molar-refractivity contribution is 8.18. The van der Waals surface area contributed by atoms with Crippen LogP contribution in [0.15, 0.2) is 52.4 Å². The maximum Gasteiger partial charge on any atom is 0.308 e. The number of aliphatic imine (C=N–C) groups is 1. The molecular weight excluding hydrogens is 442 g/mol. The van der Waals surface area contributed by atoms with Crippen molar-refractivity contribution in [3.63, 3.8) is 0 Å². The Hall–Kier alpha value is -3.46. The number of carbonyl (C=O) groups excluding carboxylic acids is 2. The van der Waals surface area contributed by atoms with E-state index < -0.39 is 5.97 Å². The van der Waals surface area contributed by atoms with Crippen molar-refractivity contribution in [1.29, 1.82) is 0 Å².